The SMILES string of the molecule is C=C(C)C(=O)OC[Si](C)(C)O[SiH](C)O[Si](C)(C)O[Si](C)(C)COC(=O)C(=C)C. The maximum Gasteiger partial charge on any atom is 0.332 e. The van der Waals surface area contributed by atoms with Gasteiger partial charge in [0.2, 0.25) is 16.6 Å². The van der Waals surface area contributed by atoms with Gasteiger partial charge in [-0.2, -0.15) is 0 Å². The van der Waals surface area contributed by atoms with Crippen LogP contribution in [0.3, 0.4) is 0 Å². The van der Waals surface area contributed by atoms with E-state index >= 15 is 0 Å². The van der Waals surface area contributed by atoms with Gasteiger partial charge in [-0.1, -0.05) is 13.2 Å². The highest BCUT2D eigenvalue weighted by Crippen LogP contribution is 2.19. The van der Waals surface area contributed by atoms with Crippen LogP contribution in [0.1, 0.15) is 13.8 Å². The summed E-state index contributed by atoms with van der Waals surface area (Å²) in [6.45, 7) is 24.2. The van der Waals surface area contributed by atoms with Gasteiger partial charge in [0, 0.05) is 11.1 Å². The second kappa shape index (κ2) is 10.8. The van der Waals surface area contributed by atoms with Crippen LogP contribution in [-0.2, 0) is 31.4 Å². The third kappa shape index (κ3) is 11.9. The molecule has 0 spiro atoms. The smallest absolute Gasteiger partial charge is 0.332 e. The minimum absolute atomic E-state index is 0.242. The molecule has 0 aliphatic carbocycles. The van der Waals surface area contributed by atoms with Gasteiger partial charge in [-0.05, 0) is 59.7 Å². The lowest BCUT2D eigenvalue weighted by molar-refractivity contribution is -0.138. The van der Waals surface area contributed by atoms with Gasteiger partial charge in [-0.3, -0.25) is 0 Å². The zero-order valence-corrected chi connectivity index (χ0v) is 22.9. The van der Waals surface area contributed by atoms with Gasteiger partial charge in [-0.15, -0.1) is 0 Å². The Morgan fingerprint density at radius 3 is 1.57 bits per heavy atom. The monoisotopic (exact) mass is 464 g/mol. The van der Waals surface area contributed by atoms with E-state index in [1.807, 2.05) is 45.8 Å². The molecule has 28 heavy (non-hydrogen) atoms. The molecule has 0 aromatic rings. The Kier molecular flexibility index (Phi) is 10.5. The van der Waals surface area contributed by atoms with Crippen molar-refractivity contribution < 1.29 is 31.4 Å². The number of rotatable bonds is 12. The zero-order chi connectivity index (χ0) is 22.3. The van der Waals surface area contributed by atoms with E-state index in [2.05, 4.69) is 13.2 Å². The first-order valence-electron chi connectivity index (χ1n) is 9.17. The molecule has 0 radical (unpaired) electrons. The summed E-state index contributed by atoms with van der Waals surface area (Å²) in [6.07, 6.45) is 0.492. The van der Waals surface area contributed by atoms with E-state index in [1.165, 1.54) is 0 Å². The molecule has 162 valence electrons. The average Bonchev–Trinajstić information content (AvgIpc) is 2.47. The Morgan fingerprint density at radius 1 is 0.786 bits per heavy atom. The minimum Gasteiger partial charge on any atom is -0.463 e. The summed E-state index contributed by atoms with van der Waals surface area (Å²) in [4.78, 5) is 23.2. The predicted molar refractivity (Wildman–Crippen MR) is 120 cm³/mol. The second-order valence-corrected chi connectivity index (χ2v) is 22.8. The fourth-order valence-electron chi connectivity index (χ4n) is 2.35. The predicted octanol–water partition coefficient (Wildman–Crippen LogP) is 3.32. The van der Waals surface area contributed by atoms with Crippen molar-refractivity contribution in [3.8, 4) is 0 Å². The molecule has 1 unspecified atom stereocenters. The zero-order valence-electron chi connectivity index (χ0n) is 18.8. The van der Waals surface area contributed by atoms with Crippen molar-refractivity contribution in [3.05, 3.63) is 24.3 Å². The summed E-state index contributed by atoms with van der Waals surface area (Å²) in [5.41, 5.74) is 0.736. The molecule has 0 N–H and O–H groups in total. The standard InChI is InChI=1S/C17H36O7Si4/c1-14(2)16(18)20-12-26(6,7)22-25(5)23-28(10,11)24-27(8,9)13-21-17(19)15(3)4/h25H,1,3,12-13H2,2,4-11H3. The van der Waals surface area contributed by atoms with E-state index < -0.39 is 46.4 Å². The highest BCUT2D eigenvalue weighted by molar-refractivity contribution is 6.85. The van der Waals surface area contributed by atoms with Crippen LogP contribution in [0.4, 0.5) is 0 Å². The molecule has 1 atom stereocenters. The van der Waals surface area contributed by atoms with Gasteiger partial charge < -0.3 is 21.8 Å². The molecule has 0 saturated heterocycles. The van der Waals surface area contributed by atoms with E-state index in [0.29, 0.717) is 11.1 Å². The van der Waals surface area contributed by atoms with Crippen LogP contribution < -0.4 is 0 Å². The van der Waals surface area contributed by atoms with E-state index in [0.717, 1.165) is 0 Å². The first-order valence-corrected chi connectivity index (χ1v) is 20.3. The largest absolute Gasteiger partial charge is 0.463 e. The number of esters is 2. The van der Waals surface area contributed by atoms with Gasteiger partial charge in [-0.25, -0.2) is 9.59 Å². The van der Waals surface area contributed by atoms with Crippen molar-refractivity contribution in [2.45, 2.75) is 59.7 Å². The number of carbonyl (C=O) groups is 2. The van der Waals surface area contributed by atoms with E-state index in [9.17, 15) is 9.59 Å². The summed E-state index contributed by atoms with van der Waals surface area (Å²) in [6, 6.07) is 0. The van der Waals surface area contributed by atoms with Crippen molar-refractivity contribution in [1.82, 2.24) is 0 Å². The molecular formula is C17H36O7Si4. The van der Waals surface area contributed by atoms with E-state index in [-0.39, 0.29) is 12.5 Å². The second-order valence-electron chi connectivity index (χ2n) is 8.54. The summed E-state index contributed by atoms with van der Waals surface area (Å²) in [5.74, 6) is -0.817. The van der Waals surface area contributed by atoms with E-state index in [4.69, 9.17) is 21.8 Å². The molecule has 0 rings (SSSR count). The summed E-state index contributed by atoms with van der Waals surface area (Å²) >= 11 is 0. The van der Waals surface area contributed by atoms with Gasteiger partial charge in [0.25, 0.3) is 9.28 Å². The number of carbonyl (C=O) groups excluding carboxylic acids is 2. The molecule has 0 amide bonds. The maximum atomic E-state index is 11.6. The summed E-state index contributed by atoms with van der Waals surface area (Å²) in [7, 11) is -8.97. The molecule has 0 heterocycles. The Morgan fingerprint density at radius 2 is 1.18 bits per heavy atom. The summed E-state index contributed by atoms with van der Waals surface area (Å²) < 4.78 is 29.2. The molecule has 0 aromatic carbocycles. The highest BCUT2D eigenvalue weighted by Gasteiger charge is 2.39. The molecule has 11 heteroatoms. The lowest BCUT2D eigenvalue weighted by Crippen LogP contribution is -2.53. The van der Waals surface area contributed by atoms with Crippen molar-refractivity contribution >= 4 is 46.4 Å². The number of ether oxygens (including phenoxy) is 2. The average molecular weight is 465 g/mol. The first kappa shape index (κ1) is 27.2. The third-order valence-electron chi connectivity index (χ3n) is 3.26. The summed E-state index contributed by atoms with van der Waals surface area (Å²) in [5, 5.41) is 0. The molecule has 0 aliphatic heterocycles. The molecule has 0 saturated carbocycles. The number of hydrogen-bond donors (Lipinski definition) is 0. The van der Waals surface area contributed by atoms with Crippen molar-refractivity contribution in [2.24, 2.45) is 0 Å². The van der Waals surface area contributed by atoms with Crippen LogP contribution in [-0.4, -0.2) is 58.9 Å². The lowest BCUT2D eigenvalue weighted by Gasteiger charge is -2.36. The van der Waals surface area contributed by atoms with Crippen LogP contribution in [0.15, 0.2) is 24.3 Å². The lowest BCUT2D eigenvalue weighted by atomic mass is 10.4. The maximum absolute atomic E-state index is 11.6. The van der Waals surface area contributed by atoms with Crippen molar-refractivity contribution in [1.29, 1.82) is 0 Å². The van der Waals surface area contributed by atoms with Crippen molar-refractivity contribution in [2.75, 3.05) is 12.5 Å². The van der Waals surface area contributed by atoms with Crippen molar-refractivity contribution in [3.63, 3.8) is 0 Å². The van der Waals surface area contributed by atoms with Crippen LogP contribution >= 0.6 is 0 Å². The first-order chi connectivity index (χ1) is 12.5. The van der Waals surface area contributed by atoms with Crippen LogP contribution in [0.25, 0.3) is 0 Å². The quantitative estimate of drug-likeness (QED) is 0.249. The van der Waals surface area contributed by atoms with Crippen LogP contribution in [0, 0.1) is 0 Å². The minimum atomic E-state index is -2.48. The Labute approximate surface area is 174 Å². The molecule has 0 fully saturated rings. The fraction of sp³-hybridized carbons (Fsp3) is 0.647. The van der Waals surface area contributed by atoms with Gasteiger partial charge >= 0.3 is 20.5 Å². The normalized spacial score (nSPS) is 13.6. The Bertz CT molecular complexity index is 602. The van der Waals surface area contributed by atoms with Crippen LogP contribution in [0.2, 0.25) is 45.8 Å². The number of hydrogen-bond acceptors (Lipinski definition) is 7. The van der Waals surface area contributed by atoms with Gasteiger partial charge in [0.1, 0.15) is 12.5 Å². The molecule has 0 aliphatic rings. The molecule has 7 nitrogen and oxygen atoms in total. The third-order valence-corrected chi connectivity index (χ3v) is 16.6. The molecule has 0 aromatic heterocycles. The van der Waals surface area contributed by atoms with Gasteiger partial charge in [0.05, 0.1) is 0 Å². The fourth-order valence-corrected chi connectivity index (χ4v) is 17.2. The Hall–Kier alpha value is -0.832. The molecule has 0 bridgehead atoms. The highest BCUT2D eigenvalue weighted by atomic mass is 28.5. The van der Waals surface area contributed by atoms with Crippen LogP contribution in [0.5, 0.6) is 0 Å². The molecular weight excluding hydrogens is 429 g/mol. The van der Waals surface area contributed by atoms with Gasteiger partial charge in [0.15, 0.2) is 0 Å². The Balaban J connectivity index is 4.68. The topological polar surface area (TPSA) is 80.3 Å². The van der Waals surface area contributed by atoms with E-state index in [1.54, 1.807) is 13.8 Å².